The highest BCUT2D eigenvalue weighted by Crippen LogP contribution is 2.43. The van der Waals surface area contributed by atoms with Crippen LogP contribution in [0, 0.1) is 16.7 Å². The van der Waals surface area contributed by atoms with Gasteiger partial charge in [0.15, 0.2) is 0 Å². The van der Waals surface area contributed by atoms with Crippen molar-refractivity contribution in [2.45, 2.75) is 58.8 Å². The zero-order valence-corrected chi connectivity index (χ0v) is 14.8. The van der Waals surface area contributed by atoms with Crippen molar-refractivity contribution < 1.29 is 19.4 Å². The van der Waals surface area contributed by atoms with Crippen LogP contribution in [0.1, 0.15) is 58.8 Å². The molecule has 0 aromatic heterocycles. The molecule has 1 amide bonds. The van der Waals surface area contributed by atoms with E-state index in [2.05, 4.69) is 13.8 Å². The molecule has 0 bridgehead atoms. The number of carboxylic acid groups (broad SMARTS) is 1. The zero-order chi connectivity index (χ0) is 17.1. The van der Waals surface area contributed by atoms with E-state index >= 15 is 0 Å². The maximum absolute atomic E-state index is 12.8. The second-order valence-electron chi connectivity index (χ2n) is 8.07. The quantitative estimate of drug-likeness (QED) is 0.844. The minimum absolute atomic E-state index is 0.117. The van der Waals surface area contributed by atoms with Gasteiger partial charge in [0.2, 0.25) is 5.91 Å². The van der Waals surface area contributed by atoms with Gasteiger partial charge >= 0.3 is 5.97 Å². The number of hydrogen-bond donors (Lipinski definition) is 1. The lowest BCUT2D eigenvalue weighted by atomic mass is 9.67. The lowest BCUT2D eigenvalue weighted by Crippen LogP contribution is -2.52. The summed E-state index contributed by atoms with van der Waals surface area (Å²) in [5.74, 6) is -0.325. The molecular formula is C18H31NO4. The normalized spacial score (nSPS) is 30.9. The van der Waals surface area contributed by atoms with Crippen molar-refractivity contribution in [3.8, 4) is 0 Å². The van der Waals surface area contributed by atoms with E-state index < -0.39 is 11.4 Å². The number of carbonyl (C=O) groups is 2. The number of methoxy groups -OCH3 is 1. The monoisotopic (exact) mass is 325 g/mol. The van der Waals surface area contributed by atoms with Crippen LogP contribution in [-0.2, 0) is 14.3 Å². The highest BCUT2D eigenvalue weighted by Gasteiger charge is 2.44. The second kappa shape index (κ2) is 7.20. The number of piperidine rings is 1. The Hall–Kier alpha value is -1.10. The Morgan fingerprint density at radius 1 is 1.22 bits per heavy atom. The first-order valence-corrected chi connectivity index (χ1v) is 8.81. The van der Waals surface area contributed by atoms with Gasteiger partial charge in [0.05, 0.1) is 6.61 Å². The Morgan fingerprint density at radius 3 is 2.57 bits per heavy atom. The maximum Gasteiger partial charge on any atom is 0.313 e. The predicted molar refractivity (Wildman–Crippen MR) is 88.1 cm³/mol. The number of amides is 1. The summed E-state index contributed by atoms with van der Waals surface area (Å²) >= 11 is 0. The van der Waals surface area contributed by atoms with Crippen LogP contribution in [0.15, 0.2) is 0 Å². The molecule has 132 valence electrons. The van der Waals surface area contributed by atoms with Gasteiger partial charge in [-0.2, -0.15) is 0 Å². The van der Waals surface area contributed by atoms with E-state index in [-0.39, 0.29) is 24.5 Å². The smallest absolute Gasteiger partial charge is 0.313 e. The van der Waals surface area contributed by atoms with Crippen LogP contribution < -0.4 is 0 Å². The fourth-order valence-corrected chi connectivity index (χ4v) is 4.26. The van der Waals surface area contributed by atoms with Crippen LogP contribution in [-0.4, -0.2) is 48.7 Å². The van der Waals surface area contributed by atoms with Crippen LogP contribution in [0.25, 0.3) is 0 Å². The van der Waals surface area contributed by atoms with Crippen LogP contribution in [0.4, 0.5) is 0 Å². The van der Waals surface area contributed by atoms with E-state index in [1.807, 2.05) is 0 Å². The van der Waals surface area contributed by atoms with Crippen molar-refractivity contribution in [3.05, 3.63) is 0 Å². The van der Waals surface area contributed by atoms with Gasteiger partial charge in [-0.3, -0.25) is 9.59 Å². The van der Waals surface area contributed by atoms with E-state index in [9.17, 15) is 14.7 Å². The van der Waals surface area contributed by atoms with Crippen molar-refractivity contribution in [2.75, 3.05) is 26.8 Å². The van der Waals surface area contributed by atoms with Gasteiger partial charge in [-0.1, -0.05) is 26.7 Å². The van der Waals surface area contributed by atoms with Crippen LogP contribution >= 0.6 is 0 Å². The average Bonchev–Trinajstić information content (AvgIpc) is 2.49. The van der Waals surface area contributed by atoms with Gasteiger partial charge in [0.1, 0.15) is 5.41 Å². The molecule has 5 nitrogen and oxygen atoms in total. The molecule has 5 heteroatoms. The molecule has 0 aromatic carbocycles. The average molecular weight is 325 g/mol. The van der Waals surface area contributed by atoms with Crippen molar-refractivity contribution in [2.24, 2.45) is 16.7 Å². The number of carbonyl (C=O) groups excluding carboxylic acids is 1. The van der Waals surface area contributed by atoms with Gasteiger partial charge in [-0.15, -0.1) is 0 Å². The van der Waals surface area contributed by atoms with Crippen LogP contribution in [0.3, 0.4) is 0 Å². The third-order valence-electron chi connectivity index (χ3n) is 5.95. The Bertz CT molecular complexity index is 444. The van der Waals surface area contributed by atoms with Crippen LogP contribution in [0.2, 0.25) is 0 Å². The Labute approximate surface area is 139 Å². The van der Waals surface area contributed by atoms with Crippen molar-refractivity contribution in [1.82, 2.24) is 4.90 Å². The third kappa shape index (κ3) is 4.06. The predicted octanol–water partition coefficient (Wildman–Crippen LogP) is 2.93. The molecule has 0 radical (unpaired) electrons. The Balaban J connectivity index is 2.02. The fraction of sp³-hybridized carbons (Fsp3) is 0.889. The molecular weight excluding hydrogens is 294 g/mol. The maximum atomic E-state index is 12.8. The lowest BCUT2D eigenvalue weighted by molar-refractivity contribution is -0.159. The highest BCUT2D eigenvalue weighted by atomic mass is 16.5. The lowest BCUT2D eigenvalue weighted by Gasteiger charge is -2.42. The second-order valence-corrected chi connectivity index (χ2v) is 8.07. The summed E-state index contributed by atoms with van der Waals surface area (Å²) in [6.07, 6.45) is 6.59. The summed E-state index contributed by atoms with van der Waals surface area (Å²) in [5.41, 5.74) is -0.731. The minimum atomic E-state index is -0.940. The number of ether oxygens (including phenoxy) is 1. The molecule has 23 heavy (non-hydrogen) atoms. The molecule has 1 aliphatic heterocycles. The highest BCUT2D eigenvalue weighted by molar-refractivity contribution is 5.80. The molecule has 2 aliphatic rings. The van der Waals surface area contributed by atoms with Gasteiger partial charge < -0.3 is 14.7 Å². The largest absolute Gasteiger partial charge is 0.481 e. The SMILES string of the molecule is COCC1(C(=O)O)CCCN(C(=O)CC2CCCCC2(C)C)C1. The van der Waals surface area contributed by atoms with Crippen molar-refractivity contribution in [1.29, 1.82) is 0 Å². The molecule has 1 saturated heterocycles. The van der Waals surface area contributed by atoms with Gasteiger partial charge in [0.25, 0.3) is 0 Å². The number of nitrogens with zero attached hydrogens (tertiary/aromatic N) is 1. The van der Waals surface area contributed by atoms with E-state index in [1.165, 1.54) is 26.4 Å². The summed E-state index contributed by atoms with van der Waals surface area (Å²) in [6, 6.07) is 0. The van der Waals surface area contributed by atoms with Gasteiger partial charge in [-0.05, 0) is 37.0 Å². The number of aliphatic carboxylic acids is 1. The summed E-state index contributed by atoms with van der Waals surface area (Å²) < 4.78 is 5.14. The molecule has 1 N–H and O–H groups in total. The summed E-state index contributed by atoms with van der Waals surface area (Å²) in [7, 11) is 1.52. The molecule has 0 spiro atoms. The topological polar surface area (TPSA) is 66.8 Å². The molecule has 1 heterocycles. The van der Waals surface area contributed by atoms with E-state index in [0.29, 0.717) is 25.3 Å². The minimum Gasteiger partial charge on any atom is -0.481 e. The van der Waals surface area contributed by atoms with Gasteiger partial charge in [0, 0.05) is 26.6 Å². The van der Waals surface area contributed by atoms with E-state index in [1.54, 1.807) is 4.90 Å². The summed E-state index contributed by atoms with van der Waals surface area (Å²) in [4.78, 5) is 26.2. The summed E-state index contributed by atoms with van der Waals surface area (Å²) in [5, 5.41) is 9.61. The molecule has 2 fully saturated rings. The summed E-state index contributed by atoms with van der Waals surface area (Å²) in [6.45, 7) is 5.63. The molecule has 1 aliphatic carbocycles. The molecule has 2 atom stereocenters. The Morgan fingerprint density at radius 2 is 1.96 bits per heavy atom. The Kier molecular flexibility index (Phi) is 5.71. The molecule has 2 unspecified atom stereocenters. The van der Waals surface area contributed by atoms with Crippen LogP contribution in [0.5, 0.6) is 0 Å². The third-order valence-corrected chi connectivity index (χ3v) is 5.95. The number of rotatable bonds is 5. The first kappa shape index (κ1) is 18.2. The fourth-order valence-electron chi connectivity index (χ4n) is 4.26. The zero-order valence-electron chi connectivity index (χ0n) is 14.8. The number of likely N-dealkylation sites (tertiary alicyclic amines) is 1. The molecule has 1 saturated carbocycles. The van der Waals surface area contributed by atoms with E-state index in [4.69, 9.17) is 4.74 Å². The first-order valence-electron chi connectivity index (χ1n) is 8.81. The van der Waals surface area contributed by atoms with E-state index in [0.717, 1.165) is 12.8 Å². The molecule has 2 rings (SSSR count). The number of hydrogen-bond acceptors (Lipinski definition) is 3. The van der Waals surface area contributed by atoms with Crippen molar-refractivity contribution in [3.63, 3.8) is 0 Å². The molecule has 0 aromatic rings. The first-order chi connectivity index (χ1) is 10.8. The standard InChI is InChI=1S/C18H31NO4/c1-17(2)8-5-4-7-14(17)11-15(20)19-10-6-9-18(12-19,13-23-3)16(21)22/h14H,4-13H2,1-3H3,(H,21,22). The van der Waals surface area contributed by atoms with Crippen molar-refractivity contribution >= 4 is 11.9 Å². The van der Waals surface area contributed by atoms with Gasteiger partial charge in [-0.25, -0.2) is 0 Å². The number of carboxylic acids is 1.